The van der Waals surface area contributed by atoms with Gasteiger partial charge in [0.25, 0.3) is 0 Å². The van der Waals surface area contributed by atoms with Crippen molar-refractivity contribution in [2.75, 3.05) is 4.90 Å². The average Bonchev–Trinajstić information content (AvgIpc) is 3.28. The Labute approximate surface area is 407 Å². The van der Waals surface area contributed by atoms with Gasteiger partial charge in [-0.2, -0.15) is 0 Å². The molecule has 0 unspecified atom stereocenters. The zero-order chi connectivity index (χ0) is 46.3. The molecule has 0 saturated carbocycles. The second kappa shape index (κ2) is 18.7. The molecule has 337 valence electrons. The third-order valence-corrected chi connectivity index (χ3v) is 12.2. The maximum Gasteiger partial charge on any atom is 0.165 e. The molecule has 66 heavy (non-hydrogen) atoms. The molecule has 0 fully saturated rings. The first-order valence-corrected chi connectivity index (χ1v) is 22.8. The molecule has 6 aromatic carbocycles. The summed E-state index contributed by atoms with van der Waals surface area (Å²) in [5.74, 6) is 1.83. The molecule has 2 heterocycles. The van der Waals surface area contributed by atoms with Crippen LogP contribution in [0.2, 0.25) is 0 Å². The van der Waals surface area contributed by atoms with Crippen LogP contribution >= 0.6 is 0 Å². The molecule has 0 saturated heterocycles. The van der Waals surface area contributed by atoms with Crippen molar-refractivity contribution in [1.82, 2.24) is 19.9 Å². The van der Waals surface area contributed by atoms with E-state index in [1.807, 2.05) is 24.4 Å². The van der Waals surface area contributed by atoms with Gasteiger partial charge >= 0.3 is 0 Å². The van der Waals surface area contributed by atoms with Crippen molar-refractivity contribution in [1.29, 1.82) is 0 Å². The van der Waals surface area contributed by atoms with Gasteiger partial charge in [0, 0.05) is 60.1 Å². The summed E-state index contributed by atoms with van der Waals surface area (Å²) < 4.78 is 0. The standard InChI is InChI=1S/C60H62N5.Ir/c1-57(2,3)46-23-16-41(17-24-46)54-62-55(42-18-25-47(26-19-42)58(4,5)6)64-56(63-54)45-22-37-53(61-39-45)44-15-13-14-43(38-44)40-20-31-50(32-21-40)65(51-33-27-48(28-34-51)59(7,8)9)52-35-29-49(30-36-52)60(10,11)12;/h13-14,16-39H,1-12H3;/q-1;. The number of hydrogen-bond donors (Lipinski definition) is 0. The van der Waals surface area contributed by atoms with Crippen LogP contribution in [0.3, 0.4) is 0 Å². The second-order valence-corrected chi connectivity index (χ2v) is 21.4. The minimum atomic E-state index is 0. The summed E-state index contributed by atoms with van der Waals surface area (Å²) in [5.41, 5.74) is 15.3. The van der Waals surface area contributed by atoms with E-state index in [9.17, 15) is 0 Å². The van der Waals surface area contributed by atoms with Gasteiger partial charge in [-0.1, -0.05) is 180 Å². The largest absolute Gasteiger partial charge is 0.311 e. The molecule has 0 amide bonds. The molecule has 1 radical (unpaired) electrons. The van der Waals surface area contributed by atoms with E-state index in [1.54, 1.807) is 0 Å². The fourth-order valence-electron chi connectivity index (χ4n) is 7.95. The minimum Gasteiger partial charge on any atom is -0.311 e. The van der Waals surface area contributed by atoms with Crippen molar-refractivity contribution >= 4 is 17.1 Å². The van der Waals surface area contributed by atoms with E-state index in [-0.39, 0.29) is 41.8 Å². The number of pyridine rings is 1. The number of hydrogen-bond acceptors (Lipinski definition) is 5. The van der Waals surface area contributed by atoms with Crippen LogP contribution in [0.5, 0.6) is 0 Å². The van der Waals surface area contributed by atoms with Crippen LogP contribution in [0, 0.1) is 6.07 Å². The summed E-state index contributed by atoms with van der Waals surface area (Å²) >= 11 is 0. The average molecular weight is 1050 g/mol. The Balaban J connectivity index is 0.00000648. The molecule has 2 aromatic heterocycles. The normalized spacial score (nSPS) is 12.1. The smallest absolute Gasteiger partial charge is 0.165 e. The van der Waals surface area contributed by atoms with Gasteiger partial charge in [-0.15, -0.1) is 35.4 Å². The third-order valence-electron chi connectivity index (χ3n) is 12.2. The van der Waals surface area contributed by atoms with Crippen LogP contribution in [0.4, 0.5) is 17.1 Å². The molecule has 6 heteroatoms. The summed E-state index contributed by atoms with van der Waals surface area (Å²) in [6.07, 6.45) is 1.86. The molecule has 0 spiro atoms. The Hall–Kier alpha value is -6.07. The zero-order valence-corrected chi connectivity index (χ0v) is 43.0. The van der Waals surface area contributed by atoms with E-state index < -0.39 is 0 Å². The van der Waals surface area contributed by atoms with Crippen LogP contribution in [0.15, 0.2) is 158 Å². The number of nitrogens with zero attached hydrogens (tertiary/aromatic N) is 5. The van der Waals surface area contributed by atoms with Crippen LogP contribution in [0.1, 0.15) is 105 Å². The first-order valence-electron chi connectivity index (χ1n) is 22.8. The number of benzene rings is 6. The Morgan fingerprint density at radius 2 is 0.697 bits per heavy atom. The van der Waals surface area contributed by atoms with E-state index >= 15 is 0 Å². The van der Waals surface area contributed by atoms with E-state index in [1.165, 1.54) is 22.3 Å². The van der Waals surface area contributed by atoms with Crippen LogP contribution in [-0.4, -0.2) is 19.9 Å². The van der Waals surface area contributed by atoms with Gasteiger partial charge in [-0.25, -0.2) is 15.0 Å². The van der Waals surface area contributed by atoms with Gasteiger partial charge < -0.3 is 9.88 Å². The molecule has 0 bridgehead atoms. The molecule has 0 aliphatic rings. The van der Waals surface area contributed by atoms with Crippen molar-refractivity contribution in [3.05, 3.63) is 186 Å². The summed E-state index contributed by atoms with van der Waals surface area (Å²) in [7, 11) is 0. The van der Waals surface area contributed by atoms with Crippen LogP contribution in [-0.2, 0) is 41.8 Å². The maximum atomic E-state index is 5.02. The van der Waals surface area contributed by atoms with E-state index in [2.05, 4.69) is 228 Å². The molecule has 5 nitrogen and oxygen atoms in total. The summed E-state index contributed by atoms with van der Waals surface area (Å²) in [5, 5.41) is 0. The molecular formula is C60H62IrN5-. The van der Waals surface area contributed by atoms with Crippen LogP contribution in [0.25, 0.3) is 56.5 Å². The molecule has 0 N–H and O–H groups in total. The molecular weight excluding hydrogens is 983 g/mol. The topological polar surface area (TPSA) is 54.8 Å². The quantitative estimate of drug-likeness (QED) is 0.142. The van der Waals surface area contributed by atoms with E-state index in [0.29, 0.717) is 17.5 Å². The van der Waals surface area contributed by atoms with Crippen LogP contribution < -0.4 is 4.90 Å². The van der Waals surface area contributed by atoms with Crippen molar-refractivity contribution < 1.29 is 20.1 Å². The Morgan fingerprint density at radius 3 is 1.06 bits per heavy atom. The van der Waals surface area contributed by atoms with Crippen molar-refractivity contribution in [2.24, 2.45) is 0 Å². The van der Waals surface area contributed by atoms with Crippen molar-refractivity contribution in [3.8, 4) is 56.5 Å². The third kappa shape index (κ3) is 10.8. The summed E-state index contributed by atoms with van der Waals surface area (Å²) in [6, 6.07) is 57.6. The first-order chi connectivity index (χ1) is 30.7. The summed E-state index contributed by atoms with van der Waals surface area (Å²) in [4.78, 5) is 22.3. The number of anilines is 3. The molecule has 0 aliphatic carbocycles. The van der Waals surface area contributed by atoms with Gasteiger partial charge in [-0.05, 0) is 91.6 Å². The first kappa shape index (κ1) is 47.9. The fraction of sp³-hybridized carbons (Fsp3) is 0.267. The molecule has 0 aliphatic heterocycles. The van der Waals surface area contributed by atoms with Gasteiger partial charge in [0.2, 0.25) is 0 Å². The van der Waals surface area contributed by atoms with Crippen molar-refractivity contribution in [3.63, 3.8) is 0 Å². The van der Waals surface area contributed by atoms with Gasteiger partial charge in [-0.3, -0.25) is 0 Å². The predicted octanol–water partition coefficient (Wildman–Crippen LogP) is 16.1. The molecule has 8 rings (SSSR count). The SMILES string of the molecule is CC(C)(C)c1ccc(-c2nc(-c3ccc(C(C)(C)C)cc3)nc(-c3ccc(-c4[c-]ccc(-c5ccc(N(c6ccc(C(C)(C)C)cc6)c6ccc(C(C)(C)C)cc6)cc5)c4)nc3)n2)cc1.[Ir]. The Bertz CT molecular complexity index is 2760. The van der Waals surface area contributed by atoms with Gasteiger partial charge in [0.1, 0.15) is 0 Å². The van der Waals surface area contributed by atoms with Gasteiger partial charge in [0.05, 0.1) is 0 Å². The van der Waals surface area contributed by atoms with E-state index in [4.69, 9.17) is 19.9 Å². The summed E-state index contributed by atoms with van der Waals surface area (Å²) in [6.45, 7) is 26.9. The monoisotopic (exact) mass is 1050 g/mol. The van der Waals surface area contributed by atoms with E-state index in [0.717, 1.165) is 56.1 Å². The zero-order valence-electron chi connectivity index (χ0n) is 40.6. The van der Waals surface area contributed by atoms with Crippen molar-refractivity contribution in [2.45, 2.75) is 105 Å². The molecule has 8 aromatic rings. The predicted molar refractivity (Wildman–Crippen MR) is 273 cm³/mol. The number of aromatic nitrogens is 4. The Kier molecular flexibility index (Phi) is 13.5. The Morgan fingerprint density at radius 1 is 0.364 bits per heavy atom. The maximum absolute atomic E-state index is 5.02. The number of rotatable bonds is 8. The minimum absolute atomic E-state index is 0. The van der Waals surface area contributed by atoms with Gasteiger partial charge in [0.15, 0.2) is 17.5 Å². The molecule has 0 atom stereocenters. The second-order valence-electron chi connectivity index (χ2n) is 21.4. The fourth-order valence-corrected chi connectivity index (χ4v) is 7.95.